The fourth-order valence-electron chi connectivity index (χ4n) is 1.81. The van der Waals surface area contributed by atoms with Crippen LogP contribution in [0.1, 0.15) is 5.56 Å². The molecule has 0 N–H and O–H groups in total. The number of ether oxygens (including phenoxy) is 2. The van der Waals surface area contributed by atoms with Crippen LogP contribution in [-0.2, 0) is 6.18 Å². The van der Waals surface area contributed by atoms with Crippen LogP contribution in [0.15, 0.2) is 30.3 Å². The second kappa shape index (κ2) is 6.52. The Balaban J connectivity index is 2.40. The van der Waals surface area contributed by atoms with Gasteiger partial charge in [0, 0.05) is 12.1 Å². The van der Waals surface area contributed by atoms with Crippen molar-refractivity contribution in [2.45, 2.75) is 6.18 Å². The first-order valence-corrected chi connectivity index (χ1v) is 6.57. The van der Waals surface area contributed by atoms with Crippen LogP contribution in [0.25, 0.3) is 0 Å². The zero-order chi connectivity index (χ0) is 18.1. The second-order valence-corrected chi connectivity index (χ2v) is 4.87. The summed E-state index contributed by atoms with van der Waals surface area (Å²) in [5.74, 6) is -2.23. The summed E-state index contributed by atoms with van der Waals surface area (Å²) >= 11 is 5.64. The maximum Gasteiger partial charge on any atom is 0.416 e. The van der Waals surface area contributed by atoms with Crippen molar-refractivity contribution in [3.05, 3.63) is 56.8 Å². The molecular formula is C14H8ClF4NO4. The minimum Gasteiger partial charge on any atom is -0.490 e. The number of hydrogen-bond donors (Lipinski definition) is 0. The summed E-state index contributed by atoms with van der Waals surface area (Å²) in [6, 6.07) is 4.02. The molecule has 24 heavy (non-hydrogen) atoms. The number of rotatable bonds is 4. The highest BCUT2D eigenvalue weighted by Crippen LogP contribution is 2.40. The number of nitro groups is 1. The number of methoxy groups -OCH3 is 1. The molecule has 0 radical (unpaired) electrons. The molecule has 0 aromatic heterocycles. The van der Waals surface area contributed by atoms with E-state index in [1.807, 2.05) is 0 Å². The largest absolute Gasteiger partial charge is 0.490 e. The molecule has 10 heteroatoms. The Morgan fingerprint density at radius 1 is 1.21 bits per heavy atom. The number of nitrogens with zero attached hydrogens (tertiary/aromatic N) is 1. The molecule has 2 aromatic rings. The normalized spacial score (nSPS) is 11.2. The molecule has 0 aliphatic heterocycles. The van der Waals surface area contributed by atoms with Crippen LogP contribution in [0.3, 0.4) is 0 Å². The Kier molecular flexibility index (Phi) is 4.83. The molecular weight excluding hydrogens is 358 g/mol. The Hall–Kier alpha value is -2.55. The molecule has 0 atom stereocenters. The van der Waals surface area contributed by atoms with Gasteiger partial charge >= 0.3 is 11.9 Å². The van der Waals surface area contributed by atoms with Gasteiger partial charge in [0.2, 0.25) is 5.75 Å². The SMILES string of the molecule is COc1cc(Oc2c(F)cc(C(F)(F)F)cc2Cl)ccc1[N+](=O)[O-]. The predicted octanol–water partition coefficient (Wildman–Crippen LogP) is 5.21. The lowest BCUT2D eigenvalue weighted by atomic mass is 10.2. The molecule has 0 fully saturated rings. The molecule has 0 spiro atoms. The fourth-order valence-corrected chi connectivity index (χ4v) is 2.06. The van der Waals surface area contributed by atoms with E-state index in [1.165, 1.54) is 7.11 Å². The van der Waals surface area contributed by atoms with Gasteiger partial charge in [-0.05, 0) is 18.2 Å². The highest BCUT2D eigenvalue weighted by atomic mass is 35.5. The molecule has 0 amide bonds. The third-order valence-electron chi connectivity index (χ3n) is 2.89. The highest BCUT2D eigenvalue weighted by Gasteiger charge is 2.32. The van der Waals surface area contributed by atoms with E-state index in [0.29, 0.717) is 6.07 Å². The monoisotopic (exact) mass is 365 g/mol. The Labute approximate surface area is 137 Å². The van der Waals surface area contributed by atoms with Gasteiger partial charge in [-0.2, -0.15) is 13.2 Å². The molecule has 128 valence electrons. The summed E-state index contributed by atoms with van der Waals surface area (Å²) in [6.45, 7) is 0. The van der Waals surface area contributed by atoms with Gasteiger partial charge in [0.05, 0.1) is 22.6 Å². The summed E-state index contributed by atoms with van der Waals surface area (Å²) < 4.78 is 61.5. The highest BCUT2D eigenvalue weighted by molar-refractivity contribution is 6.32. The van der Waals surface area contributed by atoms with Gasteiger partial charge in [0.15, 0.2) is 11.6 Å². The lowest BCUT2D eigenvalue weighted by Gasteiger charge is -2.13. The standard InChI is InChI=1S/C14H8ClF4NO4/c1-23-12-6-8(2-3-11(12)20(21)22)24-13-9(15)4-7(5-10(13)16)14(17,18)19/h2-6H,1H3. The molecule has 0 aliphatic carbocycles. The van der Waals surface area contributed by atoms with Crippen molar-refractivity contribution in [1.82, 2.24) is 0 Å². The quantitative estimate of drug-likeness (QED) is 0.424. The van der Waals surface area contributed by atoms with Crippen molar-refractivity contribution in [3.8, 4) is 17.2 Å². The minimum absolute atomic E-state index is 0.0991. The summed E-state index contributed by atoms with van der Waals surface area (Å²) in [4.78, 5) is 10.1. The molecule has 0 heterocycles. The first-order valence-electron chi connectivity index (χ1n) is 6.20. The van der Waals surface area contributed by atoms with Crippen LogP contribution in [0.2, 0.25) is 5.02 Å². The summed E-state index contributed by atoms with van der Waals surface area (Å²) in [7, 11) is 1.18. The zero-order valence-electron chi connectivity index (χ0n) is 11.9. The van der Waals surface area contributed by atoms with E-state index in [9.17, 15) is 27.7 Å². The average molecular weight is 366 g/mol. The lowest BCUT2D eigenvalue weighted by Crippen LogP contribution is -2.06. The maximum absolute atomic E-state index is 13.9. The van der Waals surface area contributed by atoms with Crippen LogP contribution in [0.4, 0.5) is 23.2 Å². The molecule has 0 unspecified atom stereocenters. The van der Waals surface area contributed by atoms with Gasteiger partial charge in [0.1, 0.15) is 5.75 Å². The zero-order valence-corrected chi connectivity index (χ0v) is 12.6. The van der Waals surface area contributed by atoms with Gasteiger partial charge in [-0.1, -0.05) is 11.6 Å². The third kappa shape index (κ3) is 3.67. The number of alkyl halides is 3. The molecule has 0 aliphatic rings. The Morgan fingerprint density at radius 2 is 1.88 bits per heavy atom. The fraction of sp³-hybridized carbons (Fsp3) is 0.143. The Morgan fingerprint density at radius 3 is 2.38 bits per heavy atom. The lowest BCUT2D eigenvalue weighted by molar-refractivity contribution is -0.385. The first-order chi connectivity index (χ1) is 11.1. The van der Waals surface area contributed by atoms with E-state index >= 15 is 0 Å². The number of nitro benzene ring substituents is 1. The Bertz CT molecular complexity index is 772. The molecule has 0 bridgehead atoms. The molecule has 2 aromatic carbocycles. The minimum atomic E-state index is -4.76. The van der Waals surface area contributed by atoms with Crippen molar-refractivity contribution in [3.63, 3.8) is 0 Å². The van der Waals surface area contributed by atoms with Crippen LogP contribution in [-0.4, -0.2) is 12.0 Å². The van der Waals surface area contributed by atoms with Gasteiger partial charge in [-0.25, -0.2) is 4.39 Å². The smallest absolute Gasteiger partial charge is 0.416 e. The molecule has 0 saturated carbocycles. The van der Waals surface area contributed by atoms with Crippen LogP contribution in [0.5, 0.6) is 17.2 Å². The van der Waals surface area contributed by atoms with Crippen molar-refractivity contribution in [2.24, 2.45) is 0 Å². The third-order valence-corrected chi connectivity index (χ3v) is 3.17. The number of halogens is 5. The van der Waals surface area contributed by atoms with E-state index in [2.05, 4.69) is 0 Å². The van der Waals surface area contributed by atoms with Crippen LogP contribution < -0.4 is 9.47 Å². The van der Waals surface area contributed by atoms with Gasteiger partial charge in [0.25, 0.3) is 0 Å². The van der Waals surface area contributed by atoms with Crippen molar-refractivity contribution < 1.29 is 32.0 Å². The van der Waals surface area contributed by atoms with Gasteiger partial charge in [-0.15, -0.1) is 0 Å². The van der Waals surface area contributed by atoms with Crippen LogP contribution in [0, 0.1) is 15.9 Å². The number of hydrogen-bond acceptors (Lipinski definition) is 4. The molecule has 2 rings (SSSR count). The summed E-state index contributed by atoms with van der Waals surface area (Å²) in [6.07, 6.45) is -4.76. The van der Waals surface area contributed by atoms with Crippen LogP contribution >= 0.6 is 11.6 Å². The van der Waals surface area contributed by atoms with E-state index in [0.717, 1.165) is 18.2 Å². The summed E-state index contributed by atoms with van der Waals surface area (Å²) in [5.41, 5.74) is -1.62. The second-order valence-electron chi connectivity index (χ2n) is 4.46. The van der Waals surface area contributed by atoms with Gasteiger partial charge in [-0.3, -0.25) is 10.1 Å². The first kappa shape index (κ1) is 17.8. The average Bonchev–Trinajstić information content (AvgIpc) is 2.49. The van der Waals surface area contributed by atoms with Crippen molar-refractivity contribution >= 4 is 17.3 Å². The maximum atomic E-state index is 13.9. The van der Waals surface area contributed by atoms with Crippen molar-refractivity contribution in [2.75, 3.05) is 7.11 Å². The van der Waals surface area contributed by atoms with Gasteiger partial charge < -0.3 is 9.47 Å². The topological polar surface area (TPSA) is 61.6 Å². The molecule has 0 saturated heterocycles. The van der Waals surface area contributed by atoms with E-state index in [-0.39, 0.29) is 23.3 Å². The van der Waals surface area contributed by atoms with E-state index in [4.69, 9.17) is 21.1 Å². The van der Waals surface area contributed by atoms with E-state index in [1.54, 1.807) is 0 Å². The van der Waals surface area contributed by atoms with Crippen molar-refractivity contribution in [1.29, 1.82) is 0 Å². The predicted molar refractivity (Wildman–Crippen MR) is 76.1 cm³/mol. The number of benzene rings is 2. The summed E-state index contributed by atoms with van der Waals surface area (Å²) in [5, 5.41) is 10.2. The van der Waals surface area contributed by atoms with E-state index < -0.39 is 33.3 Å². The molecule has 5 nitrogen and oxygen atoms in total.